The van der Waals surface area contributed by atoms with Crippen LogP contribution in [-0.2, 0) is 4.79 Å². The molecule has 0 aliphatic carbocycles. The third-order valence-electron chi connectivity index (χ3n) is 2.71. The Bertz CT molecular complexity index is 673. The second-order valence-corrected chi connectivity index (χ2v) is 4.64. The number of phenols is 1. The number of amides is 2. The van der Waals surface area contributed by atoms with Gasteiger partial charge in [-0.15, -0.1) is 0 Å². The molecule has 2 aromatic rings. The number of hydrogen-bond donors (Lipinski definition) is 3. The van der Waals surface area contributed by atoms with Crippen molar-refractivity contribution in [2.75, 3.05) is 11.9 Å². The lowest BCUT2D eigenvalue weighted by atomic mass is 10.2. The number of anilines is 1. The van der Waals surface area contributed by atoms with Gasteiger partial charge in [-0.1, -0.05) is 35.9 Å². The second-order valence-electron chi connectivity index (χ2n) is 4.23. The smallest absolute Gasteiger partial charge is 0.253 e. The quantitative estimate of drug-likeness (QED) is 0.759. The van der Waals surface area contributed by atoms with Crippen LogP contribution in [0, 0.1) is 0 Å². The first-order valence-corrected chi connectivity index (χ1v) is 6.56. The van der Waals surface area contributed by atoms with Gasteiger partial charge in [-0.3, -0.25) is 9.59 Å². The molecule has 0 aromatic heterocycles. The Morgan fingerprint density at radius 3 is 2.43 bits per heavy atom. The first kappa shape index (κ1) is 14.9. The molecule has 0 aliphatic rings. The number of para-hydroxylation sites is 2. The molecule has 0 radical (unpaired) electrons. The summed E-state index contributed by atoms with van der Waals surface area (Å²) in [5.74, 6) is -0.923. The van der Waals surface area contributed by atoms with E-state index in [2.05, 4.69) is 10.6 Å². The zero-order valence-electron chi connectivity index (χ0n) is 11.0. The van der Waals surface area contributed by atoms with Crippen LogP contribution in [0.5, 0.6) is 5.75 Å². The van der Waals surface area contributed by atoms with Gasteiger partial charge in [0.15, 0.2) is 0 Å². The average molecular weight is 305 g/mol. The van der Waals surface area contributed by atoms with Crippen molar-refractivity contribution >= 4 is 29.1 Å². The monoisotopic (exact) mass is 304 g/mol. The molecule has 2 aromatic carbocycles. The van der Waals surface area contributed by atoms with Gasteiger partial charge >= 0.3 is 0 Å². The summed E-state index contributed by atoms with van der Waals surface area (Å²) < 4.78 is 0. The molecule has 0 bridgehead atoms. The van der Waals surface area contributed by atoms with Crippen molar-refractivity contribution in [1.82, 2.24) is 5.32 Å². The van der Waals surface area contributed by atoms with Gasteiger partial charge in [0.25, 0.3) is 5.91 Å². The Morgan fingerprint density at radius 2 is 1.71 bits per heavy atom. The van der Waals surface area contributed by atoms with Crippen LogP contribution >= 0.6 is 11.6 Å². The van der Waals surface area contributed by atoms with Crippen molar-refractivity contribution in [3.63, 3.8) is 0 Å². The molecule has 0 saturated carbocycles. The van der Waals surface area contributed by atoms with Crippen LogP contribution in [0.1, 0.15) is 10.4 Å². The molecule has 108 valence electrons. The molecule has 6 heteroatoms. The van der Waals surface area contributed by atoms with E-state index in [4.69, 9.17) is 11.6 Å². The highest BCUT2D eigenvalue weighted by Gasteiger charge is 2.11. The summed E-state index contributed by atoms with van der Waals surface area (Å²) in [4.78, 5) is 23.6. The number of hydrogen-bond acceptors (Lipinski definition) is 3. The van der Waals surface area contributed by atoms with Crippen LogP contribution in [0.3, 0.4) is 0 Å². The van der Waals surface area contributed by atoms with E-state index in [0.29, 0.717) is 10.6 Å². The molecule has 2 amide bonds. The Hall–Kier alpha value is -2.53. The number of phenolic OH excluding ortho intramolecular Hbond substituents is 1. The van der Waals surface area contributed by atoms with Crippen LogP contribution in [0.4, 0.5) is 5.69 Å². The summed E-state index contributed by atoms with van der Waals surface area (Å²) in [6.45, 7) is -0.224. The van der Waals surface area contributed by atoms with E-state index < -0.39 is 11.8 Å². The van der Waals surface area contributed by atoms with Crippen molar-refractivity contribution in [2.45, 2.75) is 0 Å². The topological polar surface area (TPSA) is 78.4 Å². The normalized spacial score (nSPS) is 9.95. The third kappa shape index (κ3) is 3.97. The maximum Gasteiger partial charge on any atom is 0.253 e. The van der Waals surface area contributed by atoms with Gasteiger partial charge in [-0.05, 0) is 24.3 Å². The summed E-state index contributed by atoms with van der Waals surface area (Å²) in [5, 5.41) is 14.8. The fourth-order valence-corrected chi connectivity index (χ4v) is 1.90. The molecule has 0 fully saturated rings. The molecular weight excluding hydrogens is 292 g/mol. The fraction of sp³-hybridized carbons (Fsp3) is 0.0667. The van der Waals surface area contributed by atoms with Gasteiger partial charge in [0.1, 0.15) is 5.75 Å². The summed E-state index contributed by atoms with van der Waals surface area (Å²) in [6, 6.07) is 12.9. The summed E-state index contributed by atoms with van der Waals surface area (Å²) >= 11 is 5.89. The molecule has 0 atom stereocenters. The van der Waals surface area contributed by atoms with Crippen molar-refractivity contribution in [3.05, 3.63) is 59.1 Å². The fourth-order valence-electron chi connectivity index (χ4n) is 1.67. The molecule has 2 rings (SSSR count). The lowest BCUT2D eigenvalue weighted by molar-refractivity contribution is -0.115. The maximum atomic E-state index is 11.9. The van der Waals surface area contributed by atoms with Gasteiger partial charge in [0.05, 0.1) is 22.8 Å². The molecule has 0 saturated heterocycles. The van der Waals surface area contributed by atoms with E-state index in [-0.39, 0.29) is 18.0 Å². The van der Waals surface area contributed by atoms with Crippen molar-refractivity contribution in [1.29, 1.82) is 0 Å². The van der Waals surface area contributed by atoms with Crippen molar-refractivity contribution in [3.8, 4) is 5.75 Å². The first-order valence-electron chi connectivity index (χ1n) is 6.18. The van der Waals surface area contributed by atoms with E-state index in [1.54, 1.807) is 42.5 Å². The zero-order valence-corrected chi connectivity index (χ0v) is 11.7. The molecule has 21 heavy (non-hydrogen) atoms. The van der Waals surface area contributed by atoms with Crippen molar-refractivity contribution in [2.24, 2.45) is 0 Å². The van der Waals surface area contributed by atoms with Crippen LogP contribution < -0.4 is 10.6 Å². The highest BCUT2D eigenvalue weighted by atomic mass is 35.5. The second kappa shape index (κ2) is 6.76. The summed E-state index contributed by atoms with van der Waals surface area (Å²) in [6.07, 6.45) is 0. The lowest BCUT2D eigenvalue weighted by Gasteiger charge is -2.08. The Labute approximate surface area is 126 Å². The standard InChI is InChI=1S/C15H13ClN2O3/c16-11-6-2-1-5-10(11)15(21)17-9-14(20)18-12-7-3-4-8-13(12)19/h1-8,19H,9H2,(H,17,21)(H,18,20). The summed E-state index contributed by atoms with van der Waals surface area (Å²) in [7, 11) is 0. The van der Waals surface area contributed by atoms with Crippen LogP contribution in [0.25, 0.3) is 0 Å². The van der Waals surface area contributed by atoms with E-state index >= 15 is 0 Å². The minimum atomic E-state index is -0.447. The number of halogens is 1. The highest BCUT2D eigenvalue weighted by molar-refractivity contribution is 6.33. The summed E-state index contributed by atoms with van der Waals surface area (Å²) in [5.41, 5.74) is 0.587. The van der Waals surface area contributed by atoms with E-state index in [1.165, 1.54) is 6.07 Å². The predicted molar refractivity (Wildman–Crippen MR) is 80.5 cm³/mol. The molecule has 0 aliphatic heterocycles. The minimum Gasteiger partial charge on any atom is -0.506 e. The number of nitrogens with one attached hydrogen (secondary N) is 2. The Kier molecular flexibility index (Phi) is 4.79. The van der Waals surface area contributed by atoms with Gasteiger partial charge in [-0.2, -0.15) is 0 Å². The maximum absolute atomic E-state index is 11.9. The van der Waals surface area contributed by atoms with Gasteiger partial charge in [0.2, 0.25) is 5.91 Å². The number of carbonyl (C=O) groups is 2. The zero-order chi connectivity index (χ0) is 15.2. The van der Waals surface area contributed by atoms with Crippen LogP contribution in [-0.4, -0.2) is 23.5 Å². The van der Waals surface area contributed by atoms with E-state index in [0.717, 1.165) is 0 Å². The van der Waals surface area contributed by atoms with Crippen molar-refractivity contribution < 1.29 is 14.7 Å². The van der Waals surface area contributed by atoms with E-state index in [9.17, 15) is 14.7 Å². The SMILES string of the molecule is O=C(CNC(=O)c1ccccc1Cl)Nc1ccccc1O. The molecule has 3 N–H and O–H groups in total. The average Bonchev–Trinajstić information content (AvgIpc) is 2.48. The van der Waals surface area contributed by atoms with Crippen LogP contribution in [0.2, 0.25) is 5.02 Å². The molecule has 0 heterocycles. The number of carbonyl (C=O) groups excluding carboxylic acids is 2. The molecule has 0 spiro atoms. The molecule has 0 unspecified atom stereocenters. The number of rotatable bonds is 4. The van der Waals surface area contributed by atoms with E-state index in [1.807, 2.05) is 0 Å². The highest BCUT2D eigenvalue weighted by Crippen LogP contribution is 2.21. The Balaban J connectivity index is 1.91. The first-order chi connectivity index (χ1) is 10.1. The largest absolute Gasteiger partial charge is 0.506 e. The Morgan fingerprint density at radius 1 is 1.05 bits per heavy atom. The predicted octanol–water partition coefficient (Wildman–Crippen LogP) is 2.41. The third-order valence-corrected chi connectivity index (χ3v) is 3.04. The number of benzene rings is 2. The number of aromatic hydroxyl groups is 1. The lowest BCUT2D eigenvalue weighted by Crippen LogP contribution is -2.33. The van der Waals surface area contributed by atoms with Gasteiger partial charge in [0, 0.05) is 0 Å². The van der Waals surface area contributed by atoms with Gasteiger partial charge in [-0.25, -0.2) is 0 Å². The minimum absolute atomic E-state index is 0.0386. The van der Waals surface area contributed by atoms with Crippen LogP contribution in [0.15, 0.2) is 48.5 Å². The van der Waals surface area contributed by atoms with Gasteiger partial charge < -0.3 is 15.7 Å². The molecular formula is C15H13ClN2O3. The molecule has 5 nitrogen and oxygen atoms in total.